The van der Waals surface area contributed by atoms with Crippen molar-refractivity contribution in [1.82, 2.24) is 5.32 Å². The fourth-order valence-electron chi connectivity index (χ4n) is 2.29. The summed E-state index contributed by atoms with van der Waals surface area (Å²) in [4.78, 5) is 0. The van der Waals surface area contributed by atoms with Gasteiger partial charge >= 0.3 is 0 Å². The monoisotopic (exact) mass is 298 g/mol. The van der Waals surface area contributed by atoms with Crippen LogP contribution in [-0.4, -0.2) is 33.9 Å². The SMILES string of the molecule is CCCNCC1CCc2ccc(NS(C)(=O)=O)cc2O1. The Bertz CT molecular complexity index is 558. The van der Waals surface area contributed by atoms with Crippen molar-refractivity contribution in [2.75, 3.05) is 24.1 Å². The van der Waals surface area contributed by atoms with E-state index in [1.165, 1.54) is 0 Å². The molecule has 1 aliphatic rings. The zero-order valence-corrected chi connectivity index (χ0v) is 12.8. The number of hydrogen-bond donors (Lipinski definition) is 2. The van der Waals surface area contributed by atoms with Gasteiger partial charge in [-0.3, -0.25) is 4.72 Å². The highest BCUT2D eigenvalue weighted by Gasteiger charge is 2.20. The predicted molar refractivity (Wildman–Crippen MR) is 80.8 cm³/mol. The van der Waals surface area contributed by atoms with E-state index in [4.69, 9.17) is 4.74 Å². The lowest BCUT2D eigenvalue weighted by atomic mass is 10.0. The molecule has 1 atom stereocenters. The molecule has 0 aromatic heterocycles. The molecular formula is C14H22N2O3S. The van der Waals surface area contributed by atoms with Crippen LogP contribution in [0, 0.1) is 0 Å². The number of anilines is 1. The maximum Gasteiger partial charge on any atom is 0.229 e. The van der Waals surface area contributed by atoms with Crippen LogP contribution in [0.2, 0.25) is 0 Å². The fourth-order valence-corrected chi connectivity index (χ4v) is 2.84. The van der Waals surface area contributed by atoms with Gasteiger partial charge < -0.3 is 10.1 Å². The Morgan fingerprint density at radius 3 is 2.90 bits per heavy atom. The molecule has 0 fully saturated rings. The summed E-state index contributed by atoms with van der Waals surface area (Å²) < 4.78 is 30.9. The van der Waals surface area contributed by atoms with Crippen LogP contribution in [0.1, 0.15) is 25.3 Å². The third kappa shape index (κ3) is 4.38. The Morgan fingerprint density at radius 2 is 2.20 bits per heavy atom. The zero-order chi connectivity index (χ0) is 14.6. The summed E-state index contributed by atoms with van der Waals surface area (Å²) in [6.07, 6.45) is 4.36. The number of hydrogen-bond acceptors (Lipinski definition) is 4. The summed E-state index contributed by atoms with van der Waals surface area (Å²) in [7, 11) is -3.25. The second kappa shape index (κ2) is 6.45. The van der Waals surface area contributed by atoms with E-state index in [1.54, 1.807) is 12.1 Å². The normalized spacial score (nSPS) is 18.2. The van der Waals surface area contributed by atoms with Crippen LogP contribution >= 0.6 is 0 Å². The van der Waals surface area contributed by atoms with E-state index in [2.05, 4.69) is 17.0 Å². The summed E-state index contributed by atoms with van der Waals surface area (Å²) >= 11 is 0. The van der Waals surface area contributed by atoms with E-state index in [9.17, 15) is 8.42 Å². The van der Waals surface area contributed by atoms with Gasteiger partial charge in [0.2, 0.25) is 10.0 Å². The highest BCUT2D eigenvalue weighted by molar-refractivity contribution is 7.92. The molecule has 0 saturated carbocycles. The second-order valence-electron chi connectivity index (χ2n) is 5.18. The highest BCUT2D eigenvalue weighted by Crippen LogP contribution is 2.30. The highest BCUT2D eigenvalue weighted by atomic mass is 32.2. The smallest absolute Gasteiger partial charge is 0.229 e. The molecule has 0 saturated heterocycles. The number of benzene rings is 1. The molecular weight excluding hydrogens is 276 g/mol. The number of fused-ring (bicyclic) bond motifs is 1. The fraction of sp³-hybridized carbons (Fsp3) is 0.571. The van der Waals surface area contributed by atoms with Gasteiger partial charge in [-0.25, -0.2) is 8.42 Å². The van der Waals surface area contributed by atoms with Crippen molar-refractivity contribution in [3.63, 3.8) is 0 Å². The number of nitrogens with one attached hydrogen (secondary N) is 2. The van der Waals surface area contributed by atoms with E-state index < -0.39 is 10.0 Å². The summed E-state index contributed by atoms with van der Waals surface area (Å²) in [6.45, 7) is 3.95. The van der Waals surface area contributed by atoms with Crippen molar-refractivity contribution in [2.45, 2.75) is 32.3 Å². The summed E-state index contributed by atoms with van der Waals surface area (Å²) in [5.41, 5.74) is 1.68. The lowest BCUT2D eigenvalue weighted by molar-refractivity contribution is 0.171. The lowest BCUT2D eigenvalue weighted by Gasteiger charge is -2.26. The van der Waals surface area contributed by atoms with E-state index in [1.807, 2.05) is 6.07 Å². The van der Waals surface area contributed by atoms with Gasteiger partial charge in [0, 0.05) is 12.6 Å². The van der Waals surface area contributed by atoms with Crippen LogP contribution in [0.25, 0.3) is 0 Å². The molecule has 1 aromatic carbocycles. The third-order valence-corrected chi connectivity index (χ3v) is 3.80. The van der Waals surface area contributed by atoms with Crippen molar-refractivity contribution in [3.8, 4) is 5.75 Å². The third-order valence-electron chi connectivity index (χ3n) is 3.20. The molecule has 5 nitrogen and oxygen atoms in total. The first-order valence-electron chi connectivity index (χ1n) is 6.96. The van der Waals surface area contributed by atoms with Gasteiger partial charge in [0.15, 0.2) is 0 Å². The first-order chi connectivity index (χ1) is 9.48. The Hall–Kier alpha value is -1.27. The van der Waals surface area contributed by atoms with Gasteiger partial charge in [-0.1, -0.05) is 13.0 Å². The van der Waals surface area contributed by atoms with E-state index >= 15 is 0 Å². The van der Waals surface area contributed by atoms with Crippen LogP contribution < -0.4 is 14.8 Å². The Morgan fingerprint density at radius 1 is 1.40 bits per heavy atom. The minimum Gasteiger partial charge on any atom is -0.489 e. The van der Waals surface area contributed by atoms with Gasteiger partial charge in [-0.15, -0.1) is 0 Å². The average molecular weight is 298 g/mol. The van der Waals surface area contributed by atoms with Crippen LogP contribution in [0.3, 0.4) is 0 Å². The van der Waals surface area contributed by atoms with E-state index in [-0.39, 0.29) is 6.10 Å². The number of rotatable bonds is 6. The summed E-state index contributed by atoms with van der Waals surface area (Å²) in [5.74, 6) is 0.785. The lowest BCUT2D eigenvalue weighted by Crippen LogP contribution is -2.34. The van der Waals surface area contributed by atoms with Crippen LogP contribution in [0.15, 0.2) is 18.2 Å². The minimum absolute atomic E-state index is 0.155. The van der Waals surface area contributed by atoms with Crippen LogP contribution in [0.4, 0.5) is 5.69 Å². The summed E-state index contributed by atoms with van der Waals surface area (Å²) in [5, 5.41) is 3.35. The standard InChI is InChI=1S/C14H22N2O3S/c1-3-8-15-10-13-7-5-11-4-6-12(9-14(11)19-13)16-20(2,17)18/h4,6,9,13,15-16H,3,5,7-8,10H2,1-2H3. The van der Waals surface area contributed by atoms with Crippen molar-refractivity contribution in [1.29, 1.82) is 0 Å². The molecule has 0 bridgehead atoms. The van der Waals surface area contributed by atoms with Crippen molar-refractivity contribution < 1.29 is 13.2 Å². The van der Waals surface area contributed by atoms with Gasteiger partial charge in [-0.05, 0) is 37.4 Å². The number of aryl methyl sites for hydroxylation is 1. The molecule has 0 aliphatic carbocycles. The predicted octanol–water partition coefficient (Wildman–Crippen LogP) is 1.75. The molecule has 1 unspecified atom stereocenters. The van der Waals surface area contributed by atoms with Crippen LogP contribution in [-0.2, 0) is 16.4 Å². The number of ether oxygens (including phenoxy) is 1. The van der Waals surface area contributed by atoms with Crippen LogP contribution in [0.5, 0.6) is 5.75 Å². The first kappa shape index (κ1) is 15.1. The van der Waals surface area contributed by atoms with E-state index in [0.29, 0.717) is 5.69 Å². The molecule has 1 heterocycles. The molecule has 0 radical (unpaired) electrons. The Balaban J connectivity index is 2.04. The zero-order valence-electron chi connectivity index (χ0n) is 12.0. The van der Waals surface area contributed by atoms with E-state index in [0.717, 1.165) is 49.9 Å². The van der Waals surface area contributed by atoms with Crippen molar-refractivity contribution in [3.05, 3.63) is 23.8 Å². The molecule has 1 aliphatic heterocycles. The largest absolute Gasteiger partial charge is 0.489 e. The molecule has 2 rings (SSSR count). The first-order valence-corrected chi connectivity index (χ1v) is 8.85. The quantitative estimate of drug-likeness (QED) is 0.785. The topological polar surface area (TPSA) is 67.4 Å². The van der Waals surface area contributed by atoms with Gasteiger partial charge in [-0.2, -0.15) is 0 Å². The molecule has 1 aromatic rings. The number of sulfonamides is 1. The molecule has 112 valence electrons. The van der Waals surface area contributed by atoms with Crippen molar-refractivity contribution in [2.24, 2.45) is 0 Å². The summed E-state index contributed by atoms with van der Waals surface area (Å²) in [6, 6.07) is 5.47. The van der Waals surface area contributed by atoms with Crippen molar-refractivity contribution >= 4 is 15.7 Å². The molecule has 6 heteroatoms. The van der Waals surface area contributed by atoms with Gasteiger partial charge in [0.05, 0.1) is 11.9 Å². The minimum atomic E-state index is -3.25. The maximum atomic E-state index is 11.2. The molecule has 2 N–H and O–H groups in total. The maximum absolute atomic E-state index is 11.2. The Labute approximate surface area is 120 Å². The Kier molecular flexibility index (Phi) is 4.88. The van der Waals surface area contributed by atoms with Gasteiger partial charge in [0.1, 0.15) is 11.9 Å². The molecule has 0 spiro atoms. The average Bonchev–Trinajstić information content (AvgIpc) is 2.37. The molecule has 0 amide bonds. The van der Waals surface area contributed by atoms with Gasteiger partial charge in [0.25, 0.3) is 0 Å². The molecule has 20 heavy (non-hydrogen) atoms. The second-order valence-corrected chi connectivity index (χ2v) is 6.93.